The summed E-state index contributed by atoms with van der Waals surface area (Å²) < 4.78 is 25.4. The predicted octanol–water partition coefficient (Wildman–Crippen LogP) is 2.91. The van der Waals surface area contributed by atoms with Crippen molar-refractivity contribution in [3.05, 3.63) is 59.2 Å². The van der Waals surface area contributed by atoms with Crippen LogP contribution in [0.15, 0.2) is 42.5 Å². The molecule has 0 aliphatic rings. The van der Waals surface area contributed by atoms with E-state index in [-0.39, 0.29) is 18.0 Å². The molecule has 138 valence electrons. The average molecular weight is 374 g/mol. The minimum atomic E-state index is -3.71. The smallest absolute Gasteiger partial charge is 0.245 e. The molecule has 0 saturated heterocycles. The van der Waals surface area contributed by atoms with E-state index < -0.39 is 15.9 Å². The van der Waals surface area contributed by atoms with Crippen molar-refractivity contribution >= 4 is 33.1 Å². The van der Waals surface area contributed by atoms with Crippen molar-refractivity contribution in [1.82, 2.24) is 0 Å². The molecule has 0 aliphatic heterocycles. The number of sulfonamides is 1. The highest BCUT2D eigenvalue weighted by Crippen LogP contribution is 2.22. The molecule has 0 saturated carbocycles. The number of aryl methyl sites for hydroxylation is 2. The van der Waals surface area contributed by atoms with Gasteiger partial charge in [-0.3, -0.25) is 13.9 Å². The number of carbonyl (C=O) groups is 2. The monoisotopic (exact) mass is 374 g/mol. The molecule has 0 radical (unpaired) electrons. The molecule has 7 heteroatoms. The second-order valence-electron chi connectivity index (χ2n) is 6.19. The number of hydrogen-bond acceptors (Lipinski definition) is 4. The molecule has 0 spiro atoms. The molecule has 0 aliphatic carbocycles. The number of hydrogen-bond donors (Lipinski definition) is 1. The van der Waals surface area contributed by atoms with Crippen LogP contribution in [-0.2, 0) is 14.8 Å². The van der Waals surface area contributed by atoms with Crippen molar-refractivity contribution in [1.29, 1.82) is 0 Å². The van der Waals surface area contributed by atoms with Crippen LogP contribution in [0.25, 0.3) is 0 Å². The second-order valence-corrected chi connectivity index (χ2v) is 8.10. The third kappa shape index (κ3) is 4.70. The molecule has 0 fully saturated rings. The summed E-state index contributed by atoms with van der Waals surface area (Å²) in [7, 11) is -3.71. The Labute approximate surface area is 153 Å². The highest BCUT2D eigenvalue weighted by molar-refractivity contribution is 7.92. The fraction of sp³-hybridized carbons (Fsp3) is 0.263. The first-order valence-corrected chi connectivity index (χ1v) is 9.89. The highest BCUT2D eigenvalue weighted by Gasteiger charge is 2.22. The fourth-order valence-electron chi connectivity index (χ4n) is 2.60. The molecule has 1 amide bonds. The topological polar surface area (TPSA) is 83.6 Å². The van der Waals surface area contributed by atoms with Gasteiger partial charge in [-0.2, -0.15) is 0 Å². The van der Waals surface area contributed by atoms with Gasteiger partial charge in [0.1, 0.15) is 6.54 Å². The van der Waals surface area contributed by atoms with Crippen molar-refractivity contribution in [3.63, 3.8) is 0 Å². The zero-order chi connectivity index (χ0) is 19.5. The Kier molecular flexibility index (Phi) is 5.82. The number of para-hydroxylation sites is 1. The van der Waals surface area contributed by atoms with Gasteiger partial charge >= 0.3 is 0 Å². The van der Waals surface area contributed by atoms with Gasteiger partial charge in [0.05, 0.1) is 11.9 Å². The zero-order valence-corrected chi connectivity index (χ0v) is 16.1. The van der Waals surface area contributed by atoms with Gasteiger partial charge in [-0.1, -0.05) is 30.3 Å². The number of Topliss-reactive ketones (excluding diaryl/α,β-unsaturated/α-hetero) is 1. The normalized spacial score (nSPS) is 11.1. The molecular formula is C19H22N2O4S. The minimum Gasteiger partial charge on any atom is -0.324 e. The van der Waals surface area contributed by atoms with Crippen LogP contribution < -0.4 is 9.62 Å². The Balaban J connectivity index is 2.31. The van der Waals surface area contributed by atoms with E-state index in [0.29, 0.717) is 11.3 Å². The number of rotatable bonds is 6. The molecule has 1 N–H and O–H groups in total. The first-order chi connectivity index (χ1) is 12.1. The lowest BCUT2D eigenvalue weighted by molar-refractivity contribution is -0.114. The molecule has 0 heterocycles. The fourth-order valence-corrected chi connectivity index (χ4v) is 3.45. The van der Waals surface area contributed by atoms with Crippen molar-refractivity contribution in [3.8, 4) is 0 Å². The van der Waals surface area contributed by atoms with E-state index in [9.17, 15) is 18.0 Å². The Hall–Kier alpha value is -2.67. The number of carbonyl (C=O) groups excluding carboxylic acids is 2. The Bertz CT molecular complexity index is 932. The van der Waals surface area contributed by atoms with Crippen molar-refractivity contribution in [2.75, 3.05) is 22.4 Å². The molecule has 0 unspecified atom stereocenters. The van der Waals surface area contributed by atoms with Gasteiger partial charge in [-0.05, 0) is 44.0 Å². The van der Waals surface area contributed by atoms with Gasteiger partial charge in [0, 0.05) is 11.3 Å². The highest BCUT2D eigenvalue weighted by atomic mass is 32.2. The van der Waals surface area contributed by atoms with Gasteiger partial charge in [0.15, 0.2) is 5.78 Å². The summed E-state index contributed by atoms with van der Waals surface area (Å²) >= 11 is 0. The summed E-state index contributed by atoms with van der Waals surface area (Å²) in [6, 6.07) is 11.8. The van der Waals surface area contributed by atoms with E-state index in [2.05, 4.69) is 5.32 Å². The summed E-state index contributed by atoms with van der Waals surface area (Å²) in [6.45, 7) is 4.76. The van der Waals surface area contributed by atoms with Gasteiger partial charge < -0.3 is 5.32 Å². The quantitative estimate of drug-likeness (QED) is 0.788. The molecule has 0 atom stereocenters. The number of nitrogens with zero attached hydrogens (tertiary/aromatic N) is 1. The largest absolute Gasteiger partial charge is 0.324 e. The van der Waals surface area contributed by atoms with Crippen LogP contribution in [0.1, 0.15) is 28.4 Å². The van der Waals surface area contributed by atoms with Crippen LogP contribution in [-0.4, -0.2) is 32.9 Å². The van der Waals surface area contributed by atoms with Crippen LogP contribution in [0.5, 0.6) is 0 Å². The maximum Gasteiger partial charge on any atom is 0.245 e. The molecule has 0 bridgehead atoms. The molecule has 26 heavy (non-hydrogen) atoms. The summed E-state index contributed by atoms with van der Waals surface area (Å²) in [6.07, 6.45) is 1.03. The second kappa shape index (κ2) is 7.70. The minimum absolute atomic E-state index is 0.180. The average Bonchev–Trinajstić information content (AvgIpc) is 2.55. The third-order valence-corrected chi connectivity index (χ3v) is 5.11. The SMILES string of the molecule is CC(=O)c1cccc(N(CC(=O)Nc2c(C)cccc2C)S(C)(=O)=O)c1. The Morgan fingerprint density at radius 3 is 2.15 bits per heavy atom. The molecule has 2 aromatic rings. The summed E-state index contributed by atoms with van der Waals surface area (Å²) in [5, 5.41) is 2.78. The van der Waals surface area contributed by atoms with E-state index in [1.54, 1.807) is 18.2 Å². The van der Waals surface area contributed by atoms with Gasteiger partial charge in [-0.25, -0.2) is 8.42 Å². The lowest BCUT2D eigenvalue weighted by atomic mass is 10.1. The van der Waals surface area contributed by atoms with Crippen molar-refractivity contribution in [2.45, 2.75) is 20.8 Å². The van der Waals surface area contributed by atoms with E-state index in [1.165, 1.54) is 13.0 Å². The van der Waals surface area contributed by atoms with Crippen LogP contribution in [0.3, 0.4) is 0 Å². The van der Waals surface area contributed by atoms with E-state index >= 15 is 0 Å². The zero-order valence-electron chi connectivity index (χ0n) is 15.2. The van der Waals surface area contributed by atoms with Gasteiger partial charge in [0.25, 0.3) is 0 Å². The van der Waals surface area contributed by atoms with E-state index in [0.717, 1.165) is 21.7 Å². The van der Waals surface area contributed by atoms with Crippen molar-refractivity contribution < 1.29 is 18.0 Å². The Morgan fingerprint density at radius 2 is 1.62 bits per heavy atom. The number of nitrogens with one attached hydrogen (secondary N) is 1. The molecule has 6 nitrogen and oxygen atoms in total. The number of benzene rings is 2. The third-order valence-electron chi connectivity index (χ3n) is 3.97. The first-order valence-electron chi connectivity index (χ1n) is 8.04. The van der Waals surface area contributed by atoms with Gasteiger partial charge in [0.2, 0.25) is 15.9 Å². The summed E-state index contributed by atoms with van der Waals surface area (Å²) in [5.74, 6) is -0.638. The van der Waals surface area contributed by atoms with Crippen LogP contribution in [0.4, 0.5) is 11.4 Å². The molecule has 0 aromatic heterocycles. The van der Waals surface area contributed by atoms with Crippen LogP contribution >= 0.6 is 0 Å². The van der Waals surface area contributed by atoms with E-state index in [1.807, 2.05) is 32.0 Å². The standard InChI is InChI=1S/C19H22N2O4S/c1-13-7-5-8-14(2)19(13)20-18(23)12-21(26(4,24)25)17-10-6-9-16(11-17)15(3)22/h5-11H,12H2,1-4H3,(H,20,23). The first kappa shape index (κ1) is 19.7. The Morgan fingerprint density at radius 1 is 1.04 bits per heavy atom. The molecular weight excluding hydrogens is 352 g/mol. The summed E-state index contributed by atoms with van der Waals surface area (Å²) in [5.41, 5.74) is 3.11. The van der Waals surface area contributed by atoms with Gasteiger partial charge in [-0.15, -0.1) is 0 Å². The maximum atomic E-state index is 12.5. The van der Waals surface area contributed by atoms with E-state index in [4.69, 9.17) is 0 Å². The van der Waals surface area contributed by atoms with Crippen LogP contribution in [0.2, 0.25) is 0 Å². The number of ketones is 1. The lowest BCUT2D eigenvalue weighted by Gasteiger charge is -2.23. The maximum absolute atomic E-state index is 12.5. The lowest BCUT2D eigenvalue weighted by Crippen LogP contribution is -2.37. The number of anilines is 2. The predicted molar refractivity (Wildman–Crippen MR) is 103 cm³/mol. The number of amides is 1. The van der Waals surface area contributed by atoms with Crippen LogP contribution in [0, 0.1) is 13.8 Å². The molecule has 2 aromatic carbocycles. The summed E-state index contributed by atoms with van der Waals surface area (Å²) in [4.78, 5) is 24.0. The molecule has 2 rings (SSSR count). The van der Waals surface area contributed by atoms with Crippen molar-refractivity contribution in [2.24, 2.45) is 0 Å².